The van der Waals surface area contributed by atoms with Gasteiger partial charge in [0.25, 0.3) is 0 Å². The third-order valence-corrected chi connectivity index (χ3v) is 7.45. The lowest BCUT2D eigenvalue weighted by molar-refractivity contribution is 0.301. The Kier molecular flexibility index (Phi) is 10.7. The number of rotatable bonds is 13. The second-order valence-electron chi connectivity index (χ2n) is 10.0. The molecular formula is C30H44FN. The molecule has 176 valence electrons. The predicted octanol–water partition coefficient (Wildman–Crippen LogP) is 9.64. The van der Waals surface area contributed by atoms with Gasteiger partial charge in [0.2, 0.25) is 0 Å². The molecule has 0 aliphatic heterocycles. The average molecular weight is 438 g/mol. The van der Waals surface area contributed by atoms with Crippen LogP contribution in [0.5, 0.6) is 0 Å². The van der Waals surface area contributed by atoms with Gasteiger partial charge in [0, 0.05) is 11.8 Å². The molecule has 1 aromatic carbocycles. The smallest absolute Gasteiger partial charge is 0.132 e. The van der Waals surface area contributed by atoms with Crippen LogP contribution in [0, 0.1) is 11.7 Å². The number of benzene rings is 1. The lowest BCUT2D eigenvalue weighted by atomic mass is 9.77. The molecule has 0 saturated heterocycles. The Labute approximate surface area is 196 Å². The number of unbranched alkanes of at least 4 members (excludes halogenated alkanes) is 7. The van der Waals surface area contributed by atoms with E-state index in [4.69, 9.17) is 0 Å². The van der Waals surface area contributed by atoms with Crippen molar-refractivity contribution >= 4 is 0 Å². The molecule has 1 aromatic heterocycles. The molecule has 0 amide bonds. The highest BCUT2D eigenvalue weighted by Crippen LogP contribution is 2.38. The molecule has 2 heteroatoms. The first kappa shape index (κ1) is 24.9. The van der Waals surface area contributed by atoms with Crippen LogP contribution in [0.2, 0.25) is 0 Å². The van der Waals surface area contributed by atoms with E-state index in [1.54, 1.807) is 6.07 Å². The molecule has 0 atom stereocenters. The summed E-state index contributed by atoms with van der Waals surface area (Å²) < 4.78 is 14.7. The van der Waals surface area contributed by atoms with Crippen molar-refractivity contribution in [2.24, 2.45) is 5.92 Å². The van der Waals surface area contributed by atoms with Crippen LogP contribution in [0.1, 0.15) is 121 Å². The van der Waals surface area contributed by atoms with Gasteiger partial charge in [-0.3, -0.25) is 4.98 Å². The van der Waals surface area contributed by atoms with Crippen LogP contribution in [0.4, 0.5) is 4.39 Å². The molecule has 0 radical (unpaired) electrons. The fourth-order valence-electron chi connectivity index (χ4n) is 5.30. The minimum Gasteiger partial charge on any atom is -0.256 e. The molecule has 1 aliphatic rings. The van der Waals surface area contributed by atoms with E-state index in [1.807, 2.05) is 18.3 Å². The second-order valence-corrected chi connectivity index (χ2v) is 10.0. The van der Waals surface area contributed by atoms with Crippen molar-refractivity contribution in [3.05, 3.63) is 53.5 Å². The third-order valence-electron chi connectivity index (χ3n) is 7.45. The van der Waals surface area contributed by atoms with E-state index in [1.165, 1.54) is 89.0 Å². The van der Waals surface area contributed by atoms with Crippen LogP contribution < -0.4 is 0 Å². The fourth-order valence-corrected chi connectivity index (χ4v) is 5.30. The minimum absolute atomic E-state index is 0.144. The largest absolute Gasteiger partial charge is 0.256 e. The zero-order valence-corrected chi connectivity index (χ0v) is 20.6. The highest BCUT2D eigenvalue weighted by atomic mass is 19.1. The monoisotopic (exact) mass is 437 g/mol. The van der Waals surface area contributed by atoms with Gasteiger partial charge in [-0.15, -0.1) is 0 Å². The number of halogens is 1. The standard InChI is InChI=1S/C30H44FN/c1-3-5-7-8-9-11-12-24-14-17-26(18-15-24)27-19-21-30(32-23-27)28-20-16-25(22-29(28)31)13-10-6-4-2/h16,19-24,26H,3-15,17-18H2,1-2H3. The first-order chi connectivity index (χ1) is 15.7. The Morgan fingerprint density at radius 1 is 0.812 bits per heavy atom. The Hall–Kier alpha value is -1.70. The second kappa shape index (κ2) is 13.8. The van der Waals surface area contributed by atoms with Crippen molar-refractivity contribution in [3.63, 3.8) is 0 Å². The summed E-state index contributed by atoms with van der Waals surface area (Å²) in [5.41, 5.74) is 3.80. The maximum Gasteiger partial charge on any atom is 0.132 e. The van der Waals surface area contributed by atoms with E-state index < -0.39 is 0 Å². The molecule has 3 rings (SSSR count). The number of aryl methyl sites for hydroxylation is 1. The van der Waals surface area contributed by atoms with E-state index in [-0.39, 0.29) is 5.82 Å². The lowest BCUT2D eigenvalue weighted by Gasteiger charge is -2.28. The van der Waals surface area contributed by atoms with Crippen LogP contribution >= 0.6 is 0 Å². The topological polar surface area (TPSA) is 12.9 Å². The predicted molar refractivity (Wildman–Crippen MR) is 136 cm³/mol. The Morgan fingerprint density at radius 2 is 1.53 bits per heavy atom. The Bertz CT molecular complexity index is 774. The summed E-state index contributed by atoms with van der Waals surface area (Å²) >= 11 is 0. The molecular weight excluding hydrogens is 393 g/mol. The van der Waals surface area contributed by atoms with Crippen molar-refractivity contribution < 1.29 is 4.39 Å². The zero-order valence-electron chi connectivity index (χ0n) is 20.6. The van der Waals surface area contributed by atoms with Crippen LogP contribution in [0.3, 0.4) is 0 Å². The molecule has 32 heavy (non-hydrogen) atoms. The molecule has 1 aliphatic carbocycles. The van der Waals surface area contributed by atoms with Gasteiger partial charge in [0.05, 0.1) is 5.69 Å². The summed E-state index contributed by atoms with van der Waals surface area (Å²) in [5, 5.41) is 0. The maximum absolute atomic E-state index is 14.7. The summed E-state index contributed by atoms with van der Waals surface area (Å²) in [6, 6.07) is 9.88. The van der Waals surface area contributed by atoms with E-state index in [9.17, 15) is 4.39 Å². The molecule has 1 fully saturated rings. The minimum atomic E-state index is -0.144. The highest BCUT2D eigenvalue weighted by molar-refractivity contribution is 5.60. The first-order valence-corrected chi connectivity index (χ1v) is 13.5. The molecule has 1 nitrogen and oxygen atoms in total. The van der Waals surface area contributed by atoms with Gasteiger partial charge in [-0.2, -0.15) is 0 Å². The summed E-state index contributed by atoms with van der Waals surface area (Å²) in [5.74, 6) is 1.41. The van der Waals surface area contributed by atoms with Crippen molar-refractivity contribution in [1.82, 2.24) is 4.98 Å². The van der Waals surface area contributed by atoms with Gasteiger partial charge in [-0.25, -0.2) is 4.39 Å². The van der Waals surface area contributed by atoms with E-state index in [0.717, 1.165) is 30.0 Å². The molecule has 2 aromatic rings. The molecule has 0 unspecified atom stereocenters. The van der Waals surface area contributed by atoms with Crippen molar-refractivity contribution in [1.29, 1.82) is 0 Å². The van der Waals surface area contributed by atoms with Crippen LogP contribution in [0.15, 0.2) is 36.5 Å². The van der Waals surface area contributed by atoms with E-state index >= 15 is 0 Å². The van der Waals surface area contributed by atoms with Gasteiger partial charge in [0.15, 0.2) is 0 Å². The van der Waals surface area contributed by atoms with Gasteiger partial charge in [-0.05, 0) is 79.7 Å². The molecule has 1 saturated carbocycles. The van der Waals surface area contributed by atoms with E-state index in [0.29, 0.717) is 11.5 Å². The SMILES string of the molecule is CCCCCCCCC1CCC(c2ccc(-c3ccc(CCCCC)cc3F)nc2)CC1. The Morgan fingerprint density at radius 3 is 2.22 bits per heavy atom. The summed E-state index contributed by atoms with van der Waals surface area (Å²) in [4.78, 5) is 4.65. The highest BCUT2D eigenvalue weighted by Gasteiger charge is 2.22. The molecule has 0 bridgehead atoms. The maximum atomic E-state index is 14.7. The zero-order chi connectivity index (χ0) is 22.6. The molecule has 1 heterocycles. The first-order valence-electron chi connectivity index (χ1n) is 13.5. The van der Waals surface area contributed by atoms with Gasteiger partial charge in [-0.1, -0.05) is 83.8 Å². The van der Waals surface area contributed by atoms with Crippen LogP contribution in [-0.4, -0.2) is 4.98 Å². The van der Waals surface area contributed by atoms with Gasteiger partial charge >= 0.3 is 0 Å². The number of nitrogens with zero attached hydrogens (tertiary/aromatic N) is 1. The quantitative estimate of drug-likeness (QED) is 0.284. The average Bonchev–Trinajstić information content (AvgIpc) is 2.82. The Balaban J connectivity index is 1.46. The fraction of sp³-hybridized carbons (Fsp3) is 0.633. The van der Waals surface area contributed by atoms with Gasteiger partial charge < -0.3 is 0 Å². The van der Waals surface area contributed by atoms with Gasteiger partial charge in [0.1, 0.15) is 5.82 Å². The summed E-state index contributed by atoms with van der Waals surface area (Å²) in [6.07, 6.45) is 21.6. The van der Waals surface area contributed by atoms with Crippen LogP contribution in [-0.2, 0) is 6.42 Å². The number of hydrogen-bond acceptors (Lipinski definition) is 1. The van der Waals surface area contributed by atoms with Crippen molar-refractivity contribution in [2.75, 3.05) is 0 Å². The number of aromatic nitrogens is 1. The summed E-state index contributed by atoms with van der Waals surface area (Å²) in [7, 11) is 0. The third kappa shape index (κ3) is 7.71. The summed E-state index contributed by atoms with van der Waals surface area (Å²) in [6.45, 7) is 4.48. The van der Waals surface area contributed by atoms with E-state index in [2.05, 4.69) is 31.0 Å². The number of hydrogen-bond donors (Lipinski definition) is 0. The number of pyridine rings is 1. The van der Waals surface area contributed by atoms with Crippen LogP contribution in [0.25, 0.3) is 11.3 Å². The molecule has 0 spiro atoms. The lowest BCUT2D eigenvalue weighted by Crippen LogP contribution is -2.13. The molecule has 0 N–H and O–H groups in total. The van der Waals surface area contributed by atoms with Crippen molar-refractivity contribution in [2.45, 2.75) is 116 Å². The normalized spacial score (nSPS) is 18.7. The van der Waals surface area contributed by atoms with Crippen molar-refractivity contribution in [3.8, 4) is 11.3 Å².